The molecule has 7 heteroatoms. The number of aliphatic hydroxyl groups is 1. The predicted octanol–water partition coefficient (Wildman–Crippen LogP) is 3.91. The van der Waals surface area contributed by atoms with Gasteiger partial charge in [0.25, 0.3) is 0 Å². The monoisotopic (exact) mass is 491 g/mol. The van der Waals surface area contributed by atoms with Gasteiger partial charge in [0, 0.05) is 18.0 Å². The third kappa shape index (κ3) is 7.28. The fraction of sp³-hybridized carbons (Fsp3) is 0.526. The average molecular weight is 491 g/mol. The number of hydrogen-bond acceptors (Lipinski definition) is 4. The highest BCUT2D eigenvalue weighted by molar-refractivity contribution is 14.0. The SMILES string of the molecule is CCNC(=NCC(C)(O)c1ccc(C)o1)NCC(C)Cc1cccs1.I. The van der Waals surface area contributed by atoms with Gasteiger partial charge >= 0.3 is 0 Å². The van der Waals surface area contributed by atoms with Crippen molar-refractivity contribution < 1.29 is 9.52 Å². The van der Waals surface area contributed by atoms with E-state index in [9.17, 15) is 5.11 Å². The van der Waals surface area contributed by atoms with Crippen LogP contribution in [-0.4, -0.2) is 30.7 Å². The number of nitrogens with zero attached hydrogens (tertiary/aromatic N) is 1. The van der Waals surface area contributed by atoms with Crippen LogP contribution >= 0.6 is 35.3 Å². The van der Waals surface area contributed by atoms with E-state index in [-0.39, 0.29) is 30.5 Å². The Morgan fingerprint density at radius 2 is 2.12 bits per heavy atom. The maximum absolute atomic E-state index is 10.6. The van der Waals surface area contributed by atoms with Crippen LogP contribution in [0.5, 0.6) is 0 Å². The van der Waals surface area contributed by atoms with Gasteiger partial charge in [-0.25, -0.2) is 4.99 Å². The van der Waals surface area contributed by atoms with Crippen LogP contribution in [0, 0.1) is 12.8 Å². The topological polar surface area (TPSA) is 69.8 Å². The second-order valence-electron chi connectivity index (χ2n) is 6.65. The summed E-state index contributed by atoms with van der Waals surface area (Å²) in [7, 11) is 0. The summed E-state index contributed by atoms with van der Waals surface area (Å²) in [6.07, 6.45) is 1.05. The molecule has 0 fully saturated rings. The first-order valence-electron chi connectivity index (χ1n) is 8.74. The van der Waals surface area contributed by atoms with Crippen molar-refractivity contribution in [2.75, 3.05) is 19.6 Å². The maximum Gasteiger partial charge on any atom is 0.191 e. The average Bonchev–Trinajstić information content (AvgIpc) is 3.22. The molecule has 3 N–H and O–H groups in total. The molecule has 0 aliphatic carbocycles. The van der Waals surface area contributed by atoms with Gasteiger partial charge in [-0.15, -0.1) is 35.3 Å². The van der Waals surface area contributed by atoms with Gasteiger partial charge in [0.2, 0.25) is 0 Å². The smallest absolute Gasteiger partial charge is 0.191 e. The van der Waals surface area contributed by atoms with Crippen molar-refractivity contribution in [1.29, 1.82) is 0 Å². The van der Waals surface area contributed by atoms with Gasteiger partial charge in [0.1, 0.15) is 17.1 Å². The quantitative estimate of drug-likeness (QED) is 0.298. The van der Waals surface area contributed by atoms with Gasteiger partial charge in [-0.05, 0) is 56.7 Å². The summed E-state index contributed by atoms with van der Waals surface area (Å²) in [5, 5.41) is 19.3. The first-order chi connectivity index (χ1) is 11.9. The van der Waals surface area contributed by atoms with Crippen LogP contribution in [0.25, 0.3) is 0 Å². The summed E-state index contributed by atoms with van der Waals surface area (Å²) in [5.41, 5.74) is -1.13. The summed E-state index contributed by atoms with van der Waals surface area (Å²) < 4.78 is 5.54. The molecule has 146 valence electrons. The van der Waals surface area contributed by atoms with Gasteiger partial charge < -0.3 is 20.2 Å². The molecule has 2 atom stereocenters. The van der Waals surface area contributed by atoms with Crippen molar-refractivity contribution >= 4 is 41.3 Å². The molecule has 5 nitrogen and oxygen atoms in total. The Bertz CT molecular complexity index is 668. The minimum Gasteiger partial charge on any atom is -0.463 e. The molecular formula is C19H30IN3O2S. The van der Waals surface area contributed by atoms with Gasteiger partial charge in [0.15, 0.2) is 5.96 Å². The molecule has 0 aromatic carbocycles. The summed E-state index contributed by atoms with van der Waals surface area (Å²) in [5.74, 6) is 2.53. The second kappa shape index (κ2) is 10.9. The van der Waals surface area contributed by atoms with E-state index in [0.29, 0.717) is 17.6 Å². The van der Waals surface area contributed by atoms with Crippen LogP contribution in [0.4, 0.5) is 0 Å². The van der Waals surface area contributed by atoms with Crippen molar-refractivity contribution in [1.82, 2.24) is 10.6 Å². The lowest BCUT2D eigenvalue weighted by Gasteiger charge is -2.20. The zero-order valence-corrected chi connectivity index (χ0v) is 19.1. The Hall–Kier alpha value is -1.06. The van der Waals surface area contributed by atoms with Crippen LogP contribution in [0.2, 0.25) is 0 Å². The number of halogens is 1. The van der Waals surface area contributed by atoms with Crippen molar-refractivity contribution in [3.8, 4) is 0 Å². The molecule has 0 saturated heterocycles. The molecule has 2 rings (SSSR count). The minimum absolute atomic E-state index is 0. The molecule has 0 saturated carbocycles. The van der Waals surface area contributed by atoms with E-state index >= 15 is 0 Å². The number of nitrogens with one attached hydrogen (secondary N) is 2. The van der Waals surface area contributed by atoms with Gasteiger partial charge in [0.05, 0.1) is 6.54 Å². The Labute approximate surface area is 177 Å². The van der Waals surface area contributed by atoms with Crippen LogP contribution < -0.4 is 10.6 Å². The zero-order valence-electron chi connectivity index (χ0n) is 15.9. The van der Waals surface area contributed by atoms with Crippen molar-refractivity contribution in [3.63, 3.8) is 0 Å². The molecule has 2 aromatic heterocycles. The first kappa shape index (κ1) is 23.0. The highest BCUT2D eigenvalue weighted by atomic mass is 127. The van der Waals surface area contributed by atoms with E-state index in [2.05, 4.69) is 40.1 Å². The first-order valence-corrected chi connectivity index (χ1v) is 9.62. The van der Waals surface area contributed by atoms with E-state index in [1.807, 2.05) is 19.9 Å². The summed E-state index contributed by atoms with van der Waals surface area (Å²) in [6, 6.07) is 7.91. The molecule has 2 heterocycles. The number of aliphatic imine (C=N–C) groups is 1. The van der Waals surface area contributed by atoms with E-state index in [1.54, 1.807) is 24.3 Å². The van der Waals surface area contributed by atoms with Gasteiger partial charge in [-0.2, -0.15) is 0 Å². The van der Waals surface area contributed by atoms with E-state index in [0.717, 1.165) is 25.3 Å². The molecule has 26 heavy (non-hydrogen) atoms. The molecule has 2 unspecified atom stereocenters. The molecular weight excluding hydrogens is 461 g/mol. The second-order valence-corrected chi connectivity index (χ2v) is 7.68. The summed E-state index contributed by atoms with van der Waals surface area (Å²) >= 11 is 1.79. The van der Waals surface area contributed by atoms with Crippen molar-refractivity contribution in [2.45, 2.75) is 39.7 Å². The predicted molar refractivity (Wildman–Crippen MR) is 120 cm³/mol. The molecule has 2 aromatic rings. The normalized spacial score (nSPS) is 15.0. The van der Waals surface area contributed by atoms with E-state index in [1.165, 1.54) is 4.88 Å². The van der Waals surface area contributed by atoms with Crippen LogP contribution in [-0.2, 0) is 12.0 Å². The Morgan fingerprint density at radius 1 is 1.35 bits per heavy atom. The van der Waals surface area contributed by atoms with E-state index < -0.39 is 5.60 Å². The van der Waals surface area contributed by atoms with Crippen molar-refractivity contribution in [3.05, 3.63) is 46.0 Å². The fourth-order valence-corrected chi connectivity index (χ4v) is 3.36. The lowest BCUT2D eigenvalue weighted by molar-refractivity contribution is 0.0428. The molecule has 0 spiro atoms. The molecule has 0 amide bonds. The number of guanidine groups is 1. The summed E-state index contributed by atoms with van der Waals surface area (Å²) in [6.45, 7) is 9.66. The molecule has 0 aliphatic rings. The highest BCUT2D eigenvalue weighted by Gasteiger charge is 2.26. The standard InChI is InChI=1S/C19H29N3O2S.HI/c1-5-20-18(21-12-14(2)11-16-7-6-10-25-16)22-13-19(4,23)17-9-8-15(3)24-17;/h6-10,14,23H,5,11-13H2,1-4H3,(H2,20,21,22);1H. The van der Waals surface area contributed by atoms with E-state index in [4.69, 9.17) is 4.42 Å². The lowest BCUT2D eigenvalue weighted by atomic mass is 10.0. The number of aryl methyl sites for hydroxylation is 1. The van der Waals surface area contributed by atoms with Crippen LogP contribution in [0.15, 0.2) is 39.1 Å². The minimum atomic E-state index is -1.13. The number of rotatable bonds is 8. The van der Waals surface area contributed by atoms with Gasteiger partial charge in [-0.1, -0.05) is 13.0 Å². The van der Waals surface area contributed by atoms with Crippen molar-refractivity contribution in [2.24, 2.45) is 10.9 Å². The molecule has 0 aliphatic heterocycles. The Kier molecular flexibility index (Phi) is 9.67. The number of hydrogen-bond donors (Lipinski definition) is 3. The van der Waals surface area contributed by atoms with Crippen LogP contribution in [0.3, 0.4) is 0 Å². The third-order valence-electron chi connectivity index (χ3n) is 3.91. The molecule has 0 bridgehead atoms. The zero-order chi connectivity index (χ0) is 18.3. The molecule has 0 radical (unpaired) electrons. The maximum atomic E-state index is 10.6. The number of thiophene rings is 1. The Balaban J connectivity index is 0.00000338. The van der Waals surface area contributed by atoms with Crippen LogP contribution in [0.1, 0.15) is 37.2 Å². The fourth-order valence-electron chi connectivity index (χ4n) is 2.49. The lowest BCUT2D eigenvalue weighted by Crippen LogP contribution is -2.40. The third-order valence-corrected chi connectivity index (χ3v) is 4.81. The largest absolute Gasteiger partial charge is 0.463 e. The Morgan fingerprint density at radius 3 is 2.69 bits per heavy atom. The summed E-state index contributed by atoms with van der Waals surface area (Å²) in [4.78, 5) is 5.92. The number of furan rings is 1. The highest BCUT2D eigenvalue weighted by Crippen LogP contribution is 2.23. The van der Waals surface area contributed by atoms with Gasteiger partial charge in [-0.3, -0.25) is 0 Å².